The molecule has 1 aliphatic rings. The van der Waals surface area contributed by atoms with Crippen molar-refractivity contribution in [2.45, 2.75) is 26.2 Å². The third-order valence-corrected chi connectivity index (χ3v) is 4.68. The van der Waals surface area contributed by atoms with Gasteiger partial charge in [-0.15, -0.1) is 0 Å². The van der Waals surface area contributed by atoms with Crippen LogP contribution in [0.25, 0.3) is 0 Å². The van der Waals surface area contributed by atoms with E-state index in [0.29, 0.717) is 6.42 Å². The average Bonchev–Trinajstić information content (AvgIpc) is 2.84. The Morgan fingerprint density at radius 1 is 1.21 bits per heavy atom. The van der Waals surface area contributed by atoms with E-state index in [4.69, 9.17) is 0 Å². The molecule has 1 heterocycles. The molecule has 0 spiro atoms. The number of rotatable bonds is 2. The molecule has 19 heavy (non-hydrogen) atoms. The van der Waals surface area contributed by atoms with E-state index in [1.54, 1.807) is 0 Å². The maximum atomic E-state index is 11.9. The lowest BCUT2D eigenvalue weighted by molar-refractivity contribution is 0.0976. The predicted octanol–water partition coefficient (Wildman–Crippen LogP) is 3.74. The fourth-order valence-corrected chi connectivity index (χ4v) is 3.34. The zero-order valence-corrected chi connectivity index (χ0v) is 12.0. The van der Waals surface area contributed by atoms with Crippen LogP contribution >= 0.6 is 11.3 Å². The van der Waals surface area contributed by atoms with Crippen molar-refractivity contribution in [3.05, 3.63) is 40.4 Å². The molecular weight excluding hydrogens is 256 g/mol. The number of hydrogen-bond acceptors (Lipinski definition) is 4. The van der Waals surface area contributed by atoms with Crippen LogP contribution in [0.15, 0.2) is 24.3 Å². The zero-order valence-electron chi connectivity index (χ0n) is 11.1. The molecule has 4 heteroatoms. The van der Waals surface area contributed by atoms with Gasteiger partial charge in [0.15, 0.2) is 10.9 Å². The van der Waals surface area contributed by atoms with Gasteiger partial charge in [-0.2, -0.15) is 0 Å². The summed E-state index contributed by atoms with van der Waals surface area (Å²) in [6.07, 6.45) is 2.53. The molecule has 3 nitrogen and oxygen atoms in total. The Labute approximate surface area is 116 Å². The van der Waals surface area contributed by atoms with Gasteiger partial charge in [0.05, 0.1) is 10.6 Å². The predicted molar refractivity (Wildman–Crippen MR) is 78.6 cm³/mol. The van der Waals surface area contributed by atoms with E-state index in [1.165, 1.54) is 16.9 Å². The van der Waals surface area contributed by atoms with E-state index in [2.05, 4.69) is 41.1 Å². The molecule has 98 valence electrons. The highest BCUT2D eigenvalue weighted by Gasteiger charge is 2.23. The SMILES string of the molecule is Cc1ccc(N(C)c2nc3c(s2)C(=O)CCC3)cc1. The number of nitrogens with zero attached hydrogens (tertiary/aromatic N) is 2. The molecule has 2 aromatic rings. The van der Waals surface area contributed by atoms with Crippen LogP contribution in [0, 0.1) is 6.92 Å². The number of carbonyl (C=O) groups is 1. The first-order valence-electron chi connectivity index (χ1n) is 6.48. The highest BCUT2D eigenvalue weighted by molar-refractivity contribution is 7.17. The molecule has 0 unspecified atom stereocenters. The van der Waals surface area contributed by atoms with Crippen molar-refractivity contribution < 1.29 is 4.79 Å². The number of Topliss-reactive ketones (excluding diaryl/α,β-unsaturated/α-hetero) is 1. The van der Waals surface area contributed by atoms with E-state index in [0.717, 1.165) is 34.2 Å². The van der Waals surface area contributed by atoms with Gasteiger partial charge in [0.1, 0.15) is 0 Å². The molecule has 0 saturated heterocycles. The van der Waals surface area contributed by atoms with Crippen molar-refractivity contribution >= 4 is 27.9 Å². The molecule has 0 aliphatic heterocycles. The second kappa shape index (κ2) is 4.78. The Hall–Kier alpha value is -1.68. The molecule has 3 rings (SSSR count). The number of ketones is 1. The average molecular weight is 272 g/mol. The molecule has 1 aromatic heterocycles. The van der Waals surface area contributed by atoms with Crippen LogP contribution in [-0.2, 0) is 6.42 Å². The van der Waals surface area contributed by atoms with Crippen molar-refractivity contribution in [2.24, 2.45) is 0 Å². The highest BCUT2D eigenvalue weighted by Crippen LogP contribution is 2.34. The maximum absolute atomic E-state index is 11.9. The number of benzene rings is 1. The Bertz CT molecular complexity index is 616. The van der Waals surface area contributed by atoms with Crippen LogP contribution in [0.4, 0.5) is 10.8 Å². The first kappa shape index (κ1) is 12.4. The third-order valence-electron chi connectivity index (χ3n) is 3.46. The van der Waals surface area contributed by atoms with Gasteiger partial charge in [-0.05, 0) is 31.9 Å². The van der Waals surface area contributed by atoms with Crippen LogP contribution in [0.3, 0.4) is 0 Å². The molecule has 0 N–H and O–H groups in total. The van der Waals surface area contributed by atoms with Crippen LogP contribution in [0.2, 0.25) is 0 Å². The number of anilines is 2. The van der Waals surface area contributed by atoms with Crippen molar-refractivity contribution in [2.75, 3.05) is 11.9 Å². The number of carbonyl (C=O) groups excluding carboxylic acids is 1. The zero-order chi connectivity index (χ0) is 13.4. The van der Waals surface area contributed by atoms with Crippen molar-refractivity contribution in [3.63, 3.8) is 0 Å². The second-order valence-corrected chi connectivity index (χ2v) is 5.92. The summed E-state index contributed by atoms with van der Waals surface area (Å²) >= 11 is 1.52. The first-order chi connectivity index (χ1) is 9.15. The summed E-state index contributed by atoms with van der Waals surface area (Å²) in [5.74, 6) is 0.252. The Morgan fingerprint density at radius 2 is 1.95 bits per heavy atom. The summed E-state index contributed by atoms with van der Waals surface area (Å²) in [4.78, 5) is 19.4. The molecule has 1 aliphatic carbocycles. The largest absolute Gasteiger partial charge is 0.321 e. The van der Waals surface area contributed by atoms with Crippen molar-refractivity contribution in [1.82, 2.24) is 4.98 Å². The topological polar surface area (TPSA) is 33.2 Å². The molecule has 0 saturated carbocycles. The van der Waals surface area contributed by atoms with Crippen LogP contribution in [-0.4, -0.2) is 17.8 Å². The smallest absolute Gasteiger partial charge is 0.190 e. The summed E-state index contributed by atoms with van der Waals surface area (Å²) in [5.41, 5.74) is 3.32. The lowest BCUT2D eigenvalue weighted by atomic mass is 10.0. The summed E-state index contributed by atoms with van der Waals surface area (Å²) in [5, 5.41) is 0.907. The summed E-state index contributed by atoms with van der Waals surface area (Å²) in [6.45, 7) is 2.07. The fourth-order valence-electron chi connectivity index (χ4n) is 2.28. The van der Waals surface area contributed by atoms with E-state index >= 15 is 0 Å². The van der Waals surface area contributed by atoms with Crippen molar-refractivity contribution in [1.29, 1.82) is 0 Å². The van der Waals surface area contributed by atoms with Gasteiger partial charge in [0, 0.05) is 19.2 Å². The van der Waals surface area contributed by atoms with Gasteiger partial charge < -0.3 is 4.90 Å². The number of thiazole rings is 1. The van der Waals surface area contributed by atoms with Gasteiger partial charge in [0.2, 0.25) is 0 Å². The van der Waals surface area contributed by atoms with E-state index in [9.17, 15) is 4.79 Å². The van der Waals surface area contributed by atoms with Gasteiger partial charge in [0.25, 0.3) is 0 Å². The summed E-state index contributed by atoms with van der Waals surface area (Å²) < 4.78 is 0. The normalized spacial score (nSPS) is 14.3. The molecule has 0 amide bonds. The molecule has 1 aromatic carbocycles. The Balaban J connectivity index is 1.94. The lowest BCUT2D eigenvalue weighted by Gasteiger charge is -2.15. The van der Waals surface area contributed by atoms with Gasteiger partial charge >= 0.3 is 0 Å². The molecule has 0 atom stereocenters. The number of aryl methyl sites for hydroxylation is 2. The maximum Gasteiger partial charge on any atom is 0.190 e. The minimum absolute atomic E-state index is 0.252. The standard InChI is InChI=1S/C15H16N2OS/c1-10-6-8-11(9-7-10)17(2)15-16-12-4-3-5-13(18)14(12)19-15/h6-9H,3-5H2,1-2H3. The summed E-state index contributed by atoms with van der Waals surface area (Å²) in [6, 6.07) is 8.34. The molecule has 0 bridgehead atoms. The highest BCUT2D eigenvalue weighted by atomic mass is 32.1. The minimum atomic E-state index is 0.252. The van der Waals surface area contributed by atoms with Gasteiger partial charge in [-0.3, -0.25) is 4.79 Å². The minimum Gasteiger partial charge on any atom is -0.321 e. The van der Waals surface area contributed by atoms with Crippen LogP contribution < -0.4 is 4.90 Å². The second-order valence-electron chi connectivity index (χ2n) is 4.94. The van der Waals surface area contributed by atoms with E-state index in [1.807, 2.05) is 7.05 Å². The van der Waals surface area contributed by atoms with E-state index in [-0.39, 0.29) is 5.78 Å². The van der Waals surface area contributed by atoms with Crippen LogP contribution in [0.5, 0.6) is 0 Å². The molecule has 0 fully saturated rings. The number of fused-ring (bicyclic) bond motifs is 1. The first-order valence-corrected chi connectivity index (χ1v) is 7.30. The van der Waals surface area contributed by atoms with Gasteiger partial charge in [-0.1, -0.05) is 29.0 Å². The molecule has 0 radical (unpaired) electrons. The van der Waals surface area contributed by atoms with Gasteiger partial charge in [-0.25, -0.2) is 4.98 Å². The Kier molecular flexibility index (Phi) is 3.11. The summed E-state index contributed by atoms with van der Waals surface area (Å²) in [7, 11) is 2.00. The lowest BCUT2D eigenvalue weighted by Crippen LogP contribution is -2.09. The van der Waals surface area contributed by atoms with E-state index < -0.39 is 0 Å². The molecular formula is C15H16N2OS. The van der Waals surface area contributed by atoms with Crippen molar-refractivity contribution in [3.8, 4) is 0 Å². The van der Waals surface area contributed by atoms with Crippen LogP contribution in [0.1, 0.15) is 33.8 Å². The third kappa shape index (κ3) is 2.28. The number of hydrogen-bond donors (Lipinski definition) is 0. The quantitative estimate of drug-likeness (QED) is 0.835. The fraction of sp³-hybridized carbons (Fsp3) is 0.333. The monoisotopic (exact) mass is 272 g/mol. The Morgan fingerprint density at radius 3 is 2.63 bits per heavy atom. The number of aromatic nitrogens is 1.